The van der Waals surface area contributed by atoms with E-state index in [9.17, 15) is 5.11 Å². The van der Waals surface area contributed by atoms with Gasteiger partial charge in [0.15, 0.2) is 0 Å². The Bertz CT molecular complexity index is 573. The number of rotatable bonds is 4. The maximum atomic E-state index is 10.0. The van der Waals surface area contributed by atoms with Gasteiger partial charge in [-0.2, -0.15) is 5.26 Å². The fourth-order valence-corrected chi connectivity index (χ4v) is 1.94. The van der Waals surface area contributed by atoms with Crippen molar-refractivity contribution < 1.29 is 5.11 Å². The summed E-state index contributed by atoms with van der Waals surface area (Å²) in [6, 6.07) is 16.8. The molecule has 19 heavy (non-hydrogen) atoms. The van der Waals surface area contributed by atoms with Crippen molar-refractivity contribution in [3.05, 3.63) is 64.1 Å². The number of hydrogen-bond acceptors (Lipinski definition) is 3. The molecule has 2 N–H and O–H groups in total. The van der Waals surface area contributed by atoms with Gasteiger partial charge in [0.2, 0.25) is 0 Å². The molecule has 1 unspecified atom stereocenters. The molecule has 0 aliphatic rings. The van der Waals surface area contributed by atoms with Crippen LogP contribution in [-0.2, 0) is 0 Å². The van der Waals surface area contributed by atoms with Crippen molar-refractivity contribution in [1.29, 1.82) is 5.26 Å². The van der Waals surface area contributed by atoms with Crippen molar-refractivity contribution in [2.24, 2.45) is 0 Å². The minimum atomic E-state index is -0.601. The van der Waals surface area contributed by atoms with E-state index < -0.39 is 6.10 Å². The van der Waals surface area contributed by atoms with E-state index in [2.05, 4.69) is 27.3 Å². The predicted octanol–water partition coefficient (Wildman–Crippen LogP) is 3.47. The summed E-state index contributed by atoms with van der Waals surface area (Å²) in [6.07, 6.45) is -0.601. The Labute approximate surface area is 120 Å². The Hall–Kier alpha value is -1.83. The largest absolute Gasteiger partial charge is 0.387 e. The lowest BCUT2D eigenvalue weighted by molar-refractivity contribution is 0.191. The molecule has 0 aliphatic heterocycles. The minimum absolute atomic E-state index is 0.424. The van der Waals surface area contributed by atoms with E-state index in [1.54, 1.807) is 24.3 Å². The van der Waals surface area contributed by atoms with Crippen LogP contribution in [0.25, 0.3) is 0 Å². The third-order valence-corrected chi connectivity index (χ3v) is 3.30. The monoisotopic (exact) mass is 316 g/mol. The average molecular weight is 317 g/mol. The summed E-state index contributed by atoms with van der Waals surface area (Å²) in [5, 5.41) is 21.9. The number of aliphatic hydroxyl groups is 1. The maximum Gasteiger partial charge on any atom is 0.0991 e. The molecule has 0 saturated heterocycles. The van der Waals surface area contributed by atoms with Crippen molar-refractivity contribution in [2.75, 3.05) is 11.9 Å². The van der Waals surface area contributed by atoms with Crippen molar-refractivity contribution in [3.8, 4) is 6.07 Å². The van der Waals surface area contributed by atoms with Crippen molar-refractivity contribution in [3.63, 3.8) is 0 Å². The summed E-state index contributed by atoms with van der Waals surface area (Å²) in [5.74, 6) is 0. The van der Waals surface area contributed by atoms with Crippen LogP contribution in [-0.4, -0.2) is 11.7 Å². The van der Waals surface area contributed by atoms with E-state index >= 15 is 0 Å². The van der Waals surface area contributed by atoms with Gasteiger partial charge in [0.05, 0.1) is 17.7 Å². The molecule has 2 aromatic rings. The quantitative estimate of drug-likeness (QED) is 0.908. The molecule has 2 rings (SSSR count). The standard InChI is InChI=1S/C15H13BrN2O/c16-13-5-7-14(8-6-13)18-10-15(19)12-3-1-11(9-17)2-4-12/h1-8,15,18-19H,10H2. The first-order valence-corrected chi connectivity index (χ1v) is 6.66. The van der Waals surface area contributed by atoms with Gasteiger partial charge < -0.3 is 10.4 Å². The highest BCUT2D eigenvalue weighted by atomic mass is 79.9. The van der Waals surface area contributed by atoms with Crippen molar-refractivity contribution in [1.82, 2.24) is 0 Å². The van der Waals surface area contributed by atoms with Gasteiger partial charge in [-0.05, 0) is 42.0 Å². The third-order valence-electron chi connectivity index (χ3n) is 2.77. The van der Waals surface area contributed by atoms with Crippen LogP contribution in [0.4, 0.5) is 5.69 Å². The second-order valence-electron chi connectivity index (χ2n) is 4.14. The number of hydrogen-bond donors (Lipinski definition) is 2. The fourth-order valence-electron chi connectivity index (χ4n) is 1.68. The molecule has 0 amide bonds. The lowest BCUT2D eigenvalue weighted by Crippen LogP contribution is -2.12. The molecule has 96 valence electrons. The first-order valence-electron chi connectivity index (χ1n) is 5.86. The highest BCUT2D eigenvalue weighted by molar-refractivity contribution is 9.10. The van der Waals surface area contributed by atoms with E-state index in [0.717, 1.165) is 15.7 Å². The summed E-state index contributed by atoms with van der Waals surface area (Å²) in [5.41, 5.74) is 2.34. The molecule has 0 heterocycles. The molecular weight excluding hydrogens is 304 g/mol. The molecule has 1 atom stereocenters. The molecule has 0 radical (unpaired) electrons. The number of nitrogens with zero attached hydrogens (tertiary/aromatic N) is 1. The number of aliphatic hydroxyl groups excluding tert-OH is 1. The zero-order chi connectivity index (χ0) is 13.7. The molecule has 0 aromatic heterocycles. The Kier molecular flexibility index (Phi) is 4.56. The number of benzene rings is 2. The Morgan fingerprint density at radius 2 is 1.74 bits per heavy atom. The second-order valence-corrected chi connectivity index (χ2v) is 5.05. The smallest absolute Gasteiger partial charge is 0.0991 e. The van der Waals surface area contributed by atoms with Crippen LogP contribution in [0.1, 0.15) is 17.2 Å². The van der Waals surface area contributed by atoms with Gasteiger partial charge in [0.1, 0.15) is 0 Å². The summed E-state index contributed by atoms with van der Waals surface area (Å²) >= 11 is 3.37. The maximum absolute atomic E-state index is 10.0. The molecule has 0 aliphatic carbocycles. The van der Waals surface area contributed by atoms with E-state index in [4.69, 9.17) is 5.26 Å². The molecular formula is C15H13BrN2O. The molecule has 0 bridgehead atoms. The summed E-state index contributed by atoms with van der Waals surface area (Å²) in [6.45, 7) is 0.424. The van der Waals surface area contributed by atoms with E-state index in [0.29, 0.717) is 12.1 Å². The number of nitrogens with one attached hydrogen (secondary N) is 1. The fraction of sp³-hybridized carbons (Fsp3) is 0.133. The number of halogens is 1. The van der Waals surface area contributed by atoms with Gasteiger partial charge >= 0.3 is 0 Å². The SMILES string of the molecule is N#Cc1ccc(C(O)CNc2ccc(Br)cc2)cc1. The van der Waals surface area contributed by atoms with E-state index in [1.165, 1.54) is 0 Å². The average Bonchev–Trinajstić information content (AvgIpc) is 2.46. The highest BCUT2D eigenvalue weighted by Gasteiger charge is 2.07. The Balaban J connectivity index is 1.95. The molecule has 4 heteroatoms. The van der Waals surface area contributed by atoms with Crippen LogP contribution in [0.2, 0.25) is 0 Å². The third kappa shape index (κ3) is 3.82. The molecule has 0 fully saturated rings. The summed E-state index contributed by atoms with van der Waals surface area (Å²) in [4.78, 5) is 0. The Morgan fingerprint density at radius 1 is 1.11 bits per heavy atom. The van der Waals surface area contributed by atoms with Crippen LogP contribution in [0, 0.1) is 11.3 Å². The zero-order valence-electron chi connectivity index (χ0n) is 10.2. The van der Waals surface area contributed by atoms with E-state index in [-0.39, 0.29) is 0 Å². The Morgan fingerprint density at radius 3 is 2.32 bits per heavy atom. The van der Waals surface area contributed by atoms with Crippen LogP contribution >= 0.6 is 15.9 Å². The number of nitriles is 1. The normalized spacial score (nSPS) is 11.6. The lowest BCUT2D eigenvalue weighted by atomic mass is 10.1. The van der Waals surface area contributed by atoms with Gasteiger partial charge in [-0.15, -0.1) is 0 Å². The molecule has 0 spiro atoms. The van der Waals surface area contributed by atoms with Crippen LogP contribution in [0.15, 0.2) is 53.0 Å². The molecule has 0 saturated carbocycles. The predicted molar refractivity (Wildman–Crippen MR) is 78.7 cm³/mol. The first kappa shape index (κ1) is 13.6. The van der Waals surface area contributed by atoms with Crippen LogP contribution in [0.5, 0.6) is 0 Å². The van der Waals surface area contributed by atoms with Crippen molar-refractivity contribution >= 4 is 21.6 Å². The van der Waals surface area contributed by atoms with Gasteiger partial charge in [-0.25, -0.2) is 0 Å². The lowest BCUT2D eigenvalue weighted by Gasteiger charge is -2.13. The minimum Gasteiger partial charge on any atom is -0.387 e. The first-order chi connectivity index (χ1) is 9.19. The zero-order valence-corrected chi connectivity index (χ0v) is 11.8. The van der Waals surface area contributed by atoms with Gasteiger partial charge in [-0.3, -0.25) is 0 Å². The van der Waals surface area contributed by atoms with E-state index in [1.807, 2.05) is 24.3 Å². The summed E-state index contributed by atoms with van der Waals surface area (Å²) in [7, 11) is 0. The molecule has 2 aromatic carbocycles. The molecule has 3 nitrogen and oxygen atoms in total. The number of anilines is 1. The summed E-state index contributed by atoms with van der Waals surface area (Å²) < 4.78 is 1.02. The topological polar surface area (TPSA) is 56.0 Å². The van der Waals surface area contributed by atoms with Gasteiger partial charge in [-0.1, -0.05) is 28.1 Å². The van der Waals surface area contributed by atoms with Crippen LogP contribution in [0.3, 0.4) is 0 Å². The second kappa shape index (κ2) is 6.37. The highest BCUT2D eigenvalue weighted by Crippen LogP contribution is 2.17. The van der Waals surface area contributed by atoms with Gasteiger partial charge in [0.25, 0.3) is 0 Å². The van der Waals surface area contributed by atoms with Crippen molar-refractivity contribution in [2.45, 2.75) is 6.10 Å². The van der Waals surface area contributed by atoms with Gasteiger partial charge in [0, 0.05) is 16.7 Å². The van der Waals surface area contributed by atoms with Crippen LogP contribution < -0.4 is 5.32 Å².